The van der Waals surface area contributed by atoms with E-state index >= 15 is 0 Å². The van der Waals surface area contributed by atoms with E-state index < -0.39 is 5.54 Å². The lowest BCUT2D eigenvalue weighted by atomic mass is 9.87. The maximum Gasteiger partial charge on any atom is 0.252 e. The molecule has 1 saturated heterocycles. The molecule has 0 atom stereocenters. The number of nitrogens with zero attached hydrogens (tertiary/aromatic N) is 2. The zero-order valence-electron chi connectivity index (χ0n) is 14.7. The monoisotopic (exact) mass is 377 g/mol. The van der Waals surface area contributed by atoms with Crippen LogP contribution < -0.4 is 16.0 Å². The van der Waals surface area contributed by atoms with E-state index in [0.717, 1.165) is 24.3 Å². The third-order valence-electron chi connectivity index (χ3n) is 4.55. The van der Waals surface area contributed by atoms with Gasteiger partial charge in [-0.15, -0.1) is 12.4 Å². The molecule has 1 aliphatic heterocycles. The van der Waals surface area contributed by atoms with Gasteiger partial charge in [0.1, 0.15) is 5.54 Å². The highest BCUT2D eigenvalue weighted by molar-refractivity contribution is 5.96. The molecule has 3 N–H and O–H groups in total. The number of halogens is 1. The summed E-state index contributed by atoms with van der Waals surface area (Å²) in [4.78, 5) is 24.0. The SMILES string of the molecule is CC(=O)NCc1ccc(NC(=O)C2(n3cccn3)CCNCC2)cc1.Cl. The smallest absolute Gasteiger partial charge is 0.252 e. The van der Waals surface area contributed by atoms with Crippen LogP contribution in [0.1, 0.15) is 25.3 Å². The Morgan fingerprint density at radius 1 is 1.23 bits per heavy atom. The Morgan fingerprint density at radius 2 is 1.92 bits per heavy atom. The van der Waals surface area contributed by atoms with Gasteiger partial charge in [0.2, 0.25) is 5.91 Å². The number of benzene rings is 1. The molecular formula is C18H24ClN5O2. The fourth-order valence-electron chi connectivity index (χ4n) is 3.10. The van der Waals surface area contributed by atoms with Gasteiger partial charge >= 0.3 is 0 Å². The van der Waals surface area contributed by atoms with Crippen LogP contribution in [0.15, 0.2) is 42.7 Å². The minimum Gasteiger partial charge on any atom is -0.352 e. The Morgan fingerprint density at radius 3 is 2.50 bits per heavy atom. The second-order valence-corrected chi connectivity index (χ2v) is 6.29. The maximum absolute atomic E-state index is 13.0. The highest BCUT2D eigenvalue weighted by atomic mass is 35.5. The molecule has 2 aromatic rings. The van der Waals surface area contributed by atoms with Gasteiger partial charge in [-0.25, -0.2) is 0 Å². The number of nitrogens with one attached hydrogen (secondary N) is 3. The molecule has 1 aromatic carbocycles. The summed E-state index contributed by atoms with van der Waals surface area (Å²) in [5, 5.41) is 13.4. The predicted octanol–water partition coefficient (Wildman–Crippen LogP) is 1.66. The highest BCUT2D eigenvalue weighted by Crippen LogP contribution is 2.28. The van der Waals surface area contributed by atoms with Crippen LogP contribution >= 0.6 is 12.4 Å². The average Bonchev–Trinajstić information content (AvgIpc) is 3.17. The molecule has 0 saturated carbocycles. The third kappa shape index (κ3) is 4.42. The number of piperidine rings is 1. The van der Waals surface area contributed by atoms with Crippen LogP contribution in [0.5, 0.6) is 0 Å². The Bertz CT molecular complexity index is 725. The zero-order chi connectivity index (χ0) is 17.7. The Labute approximate surface area is 159 Å². The number of hydrogen-bond acceptors (Lipinski definition) is 4. The van der Waals surface area contributed by atoms with Crippen LogP contribution in [0, 0.1) is 0 Å². The number of amides is 2. The van der Waals surface area contributed by atoms with E-state index in [2.05, 4.69) is 21.0 Å². The van der Waals surface area contributed by atoms with Gasteiger partial charge in [0, 0.05) is 31.5 Å². The van der Waals surface area contributed by atoms with Gasteiger partial charge in [-0.1, -0.05) is 12.1 Å². The standard InChI is InChI=1S/C18H23N5O2.ClH/c1-14(24)20-13-15-3-5-16(6-4-15)22-17(25)18(7-10-19-11-8-18)23-12-2-9-21-23;/h2-6,9,12,19H,7-8,10-11,13H2,1H3,(H,20,24)(H,22,25);1H. The molecule has 0 radical (unpaired) electrons. The second kappa shape index (κ2) is 8.82. The van der Waals surface area contributed by atoms with Crippen LogP contribution in [0.2, 0.25) is 0 Å². The number of carbonyl (C=O) groups is 2. The molecular weight excluding hydrogens is 354 g/mol. The van der Waals surface area contributed by atoms with Crippen LogP contribution in [0.4, 0.5) is 5.69 Å². The molecule has 26 heavy (non-hydrogen) atoms. The highest BCUT2D eigenvalue weighted by Gasteiger charge is 2.41. The van der Waals surface area contributed by atoms with Gasteiger partial charge < -0.3 is 16.0 Å². The van der Waals surface area contributed by atoms with Crippen molar-refractivity contribution in [3.05, 3.63) is 48.3 Å². The van der Waals surface area contributed by atoms with Crippen molar-refractivity contribution in [3.8, 4) is 0 Å². The number of carbonyl (C=O) groups excluding carboxylic acids is 2. The van der Waals surface area contributed by atoms with E-state index in [9.17, 15) is 9.59 Å². The number of anilines is 1. The molecule has 1 fully saturated rings. The van der Waals surface area contributed by atoms with Crippen molar-refractivity contribution in [1.29, 1.82) is 0 Å². The molecule has 0 bridgehead atoms. The van der Waals surface area contributed by atoms with E-state index in [0.29, 0.717) is 19.4 Å². The molecule has 1 aliphatic rings. The first kappa shape index (κ1) is 19.9. The molecule has 0 spiro atoms. The molecule has 0 aliphatic carbocycles. The Balaban J connectivity index is 0.00000243. The third-order valence-corrected chi connectivity index (χ3v) is 4.55. The van der Waals surface area contributed by atoms with Gasteiger partial charge in [0.25, 0.3) is 5.91 Å². The largest absolute Gasteiger partial charge is 0.352 e. The normalized spacial score (nSPS) is 15.6. The van der Waals surface area contributed by atoms with Gasteiger partial charge in [0.05, 0.1) is 0 Å². The zero-order valence-corrected chi connectivity index (χ0v) is 15.5. The number of rotatable bonds is 5. The van der Waals surface area contributed by atoms with E-state index in [-0.39, 0.29) is 24.2 Å². The minimum absolute atomic E-state index is 0. The fourth-order valence-corrected chi connectivity index (χ4v) is 3.10. The van der Waals surface area contributed by atoms with E-state index in [1.54, 1.807) is 10.9 Å². The molecule has 2 amide bonds. The first-order valence-corrected chi connectivity index (χ1v) is 8.46. The number of hydrogen-bond donors (Lipinski definition) is 3. The van der Waals surface area contributed by atoms with Crippen molar-refractivity contribution in [3.63, 3.8) is 0 Å². The molecule has 3 rings (SSSR count). The quantitative estimate of drug-likeness (QED) is 0.739. The maximum atomic E-state index is 13.0. The first-order valence-electron chi connectivity index (χ1n) is 8.46. The summed E-state index contributed by atoms with van der Waals surface area (Å²) in [6, 6.07) is 9.34. The van der Waals surface area contributed by atoms with Crippen molar-refractivity contribution >= 4 is 29.9 Å². The molecule has 0 unspecified atom stereocenters. The molecule has 2 heterocycles. The lowest BCUT2D eigenvalue weighted by molar-refractivity contribution is -0.126. The summed E-state index contributed by atoms with van der Waals surface area (Å²) in [6.45, 7) is 3.53. The van der Waals surface area contributed by atoms with Gasteiger partial charge in [-0.3, -0.25) is 14.3 Å². The summed E-state index contributed by atoms with van der Waals surface area (Å²) in [7, 11) is 0. The summed E-state index contributed by atoms with van der Waals surface area (Å²) < 4.78 is 1.77. The first-order chi connectivity index (χ1) is 12.1. The molecule has 7 nitrogen and oxygen atoms in total. The summed E-state index contributed by atoms with van der Waals surface area (Å²) >= 11 is 0. The molecule has 140 valence electrons. The molecule has 8 heteroatoms. The van der Waals surface area contributed by atoms with Crippen LogP contribution in [0.25, 0.3) is 0 Å². The van der Waals surface area contributed by atoms with Crippen molar-refractivity contribution in [2.24, 2.45) is 0 Å². The van der Waals surface area contributed by atoms with Crippen molar-refractivity contribution < 1.29 is 9.59 Å². The average molecular weight is 378 g/mol. The van der Waals surface area contributed by atoms with Crippen LogP contribution in [-0.4, -0.2) is 34.7 Å². The topological polar surface area (TPSA) is 88.1 Å². The van der Waals surface area contributed by atoms with Crippen molar-refractivity contribution in [1.82, 2.24) is 20.4 Å². The molecule has 1 aromatic heterocycles. The summed E-state index contributed by atoms with van der Waals surface area (Å²) in [6.07, 6.45) is 4.94. The minimum atomic E-state index is -0.663. The number of aromatic nitrogens is 2. The fraction of sp³-hybridized carbons (Fsp3) is 0.389. The lowest BCUT2D eigenvalue weighted by Crippen LogP contribution is -2.52. The summed E-state index contributed by atoms with van der Waals surface area (Å²) in [5.74, 6) is -0.114. The Hall–Kier alpha value is -2.38. The van der Waals surface area contributed by atoms with Crippen molar-refractivity contribution in [2.45, 2.75) is 31.8 Å². The second-order valence-electron chi connectivity index (χ2n) is 6.29. The van der Waals surface area contributed by atoms with Crippen molar-refractivity contribution in [2.75, 3.05) is 18.4 Å². The summed E-state index contributed by atoms with van der Waals surface area (Å²) in [5.41, 5.74) is 1.06. The van der Waals surface area contributed by atoms with E-state index in [1.807, 2.05) is 36.5 Å². The van der Waals surface area contributed by atoms with Gasteiger partial charge in [-0.2, -0.15) is 5.10 Å². The Kier molecular flexibility index (Phi) is 6.76. The van der Waals surface area contributed by atoms with E-state index in [1.165, 1.54) is 6.92 Å². The van der Waals surface area contributed by atoms with Gasteiger partial charge in [-0.05, 0) is 49.7 Å². The van der Waals surface area contributed by atoms with Crippen LogP contribution in [0.3, 0.4) is 0 Å². The van der Waals surface area contributed by atoms with Gasteiger partial charge in [0.15, 0.2) is 0 Å². The predicted molar refractivity (Wildman–Crippen MR) is 102 cm³/mol. The van der Waals surface area contributed by atoms with E-state index in [4.69, 9.17) is 0 Å². The van der Waals surface area contributed by atoms with Crippen LogP contribution in [-0.2, 0) is 21.7 Å². The lowest BCUT2D eigenvalue weighted by Gasteiger charge is -2.36.